The van der Waals surface area contributed by atoms with Crippen molar-refractivity contribution in [2.45, 2.75) is 19.3 Å². The first kappa shape index (κ1) is 11.6. The molecule has 1 saturated heterocycles. The molecule has 4 heteroatoms. The molecule has 1 aliphatic rings. The molecular weight excluding hydrogens is 220 g/mol. The van der Waals surface area contributed by atoms with Crippen molar-refractivity contribution in [3.8, 4) is 0 Å². The van der Waals surface area contributed by atoms with Crippen LogP contribution in [0, 0.1) is 0 Å². The van der Waals surface area contributed by atoms with Gasteiger partial charge >= 0.3 is 0 Å². The molecule has 1 aromatic rings. The fourth-order valence-corrected chi connectivity index (χ4v) is 2.65. The zero-order chi connectivity index (χ0) is 11.2. The van der Waals surface area contributed by atoms with E-state index in [9.17, 15) is 4.79 Å². The quantitative estimate of drug-likeness (QED) is 0.865. The summed E-state index contributed by atoms with van der Waals surface area (Å²) < 4.78 is 0. The average Bonchev–Trinajstić information content (AvgIpc) is 2.66. The highest BCUT2D eigenvalue weighted by Gasteiger charge is 2.14. The van der Waals surface area contributed by atoms with Crippen LogP contribution in [0.1, 0.15) is 17.7 Å². The molecule has 16 heavy (non-hydrogen) atoms. The first-order chi connectivity index (χ1) is 7.86. The largest absolute Gasteiger partial charge is 0.341 e. The Morgan fingerprint density at radius 3 is 3.19 bits per heavy atom. The number of hydrogen-bond acceptors (Lipinski definition) is 3. The van der Waals surface area contributed by atoms with Crippen molar-refractivity contribution in [2.75, 3.05) is 26.2 Å². The summed E-state index contributed by atoms with van der Waals surface area (Å²) in [5.74, 6) is 0.303. The first-order valence-electron chi connectivity index (χ1n) is 5.87. The third-order valence-corrected chi connectivity index (χ3v) is 3.79. The number of hydrogen-bond donors (Lipinski definition) is 1. The third-order valence-electron chi connectivity index (χ3n) is 2.86. The molecule has 1 aromatic heterocycles. The number of carbonyl (C=O) groups is 1. The lowest BCUT2D eigenvalue weighted by atomic mass is 10.2. The molecule has 0 aliphatic carbocycles. The summed E-state index contributed by atoms with van der Waals surface area (Å²) in [4.78, 5) is 15.2. The van der Waals surface area contributed by atoms with E-state index in [0.29, 0.717) is 12.3 Å². The van der Waals surface area contributed by atoms with Gasteiger partial charge in [-0.15, -0.1) is 11.3 Å². The topological polar surface area (TPSA) is 32.3 Å². The molecule has 0 saturated carbocycles. The van der Waals surface area contributed by atoms with Crippen LogP contribution in [-0.2, 0) is 11.2 Å². The van der Waals surface area contributed by atoms with Crippen molar-refractivity contribution in [1.29, 1.82) is 0 Å². The highest BCUT2D eigenvalue weighted by atomic mass is 32.1. The second-order valence-electron chi connectivity index (χ2n) is 4.06. The first-order valence-corrected chi connectivity index (χ1v) is 6.75. The molecule has 0 spiro atoms. The van der Waals surface area contributed by atoms with Crippen molar-refractivity contribution in [2.24, 2.45) is 0 Å². The van der Waals surface area contributed by atoms with Crippen molar-refractivity contribution < 1.29 is 4.79 Å². The number of nitrogens with one attached hydrogen (secondary N) is 1. The predicted molar refractivity (Wildman–Crippen MR) is 66.7 cm³/mol. The van der Waals surface area contributed by atoms with E-state index in [1.54, 1.807) is 11.3 Å². The summed E-state index contributed by atoms with van der Waals surface area (Å²) in [6.07, 6.45) is 2.62. The van der Waals surface area contributed by atoms with Crippen molar-refractivity contribution in [3.63, 3.8) is 0 Å². The van der Waals surface area contributed by atoms with E-state index in [-0.39, 0.29) is 0 Å². The van der Waals surface area contributed by atoms with Gasteiger partial charge in [-0.25, -0.2) is 0 Å². The maximum atomic E-state index is 11.9. The van der Waals surface area contributed by atoms with Gasteiger partial charge in [0.25, 0.3) is 0 Å². The molecule has 2 heterocycles. The van der Waals surface area contributed by atoms with Crippen LogP contribution in [-0.4, -0.2) is 37.0 Å². The molecule has 88 valence electrons. The van der Waals surface area contributed by atoms with E-state index in [4.69, 9.17) is 0 Å². The van der Waals surface area contributed by atoms with Crippen LogP contribution < -0.4 is 5.32 Å². The normalized spacial score (nSPS) is 17.1. The Bertz CT molecular complexity index is 316. The zero-order valence-electron chi connectivity index (χ0n) is 9.45. The fraction of sp³-hybridized carbons (Fsp3) is 0.583. The van der Waals surface area contributed by atoms with Gasteiger partial charge in [-0.2, -0.15) is 0 Å². The van der Waals surface area contributed by atoms with Crippen LogP contribution in [0.25, 0.3) is 0 Å². The standard InChI is InChI=1S/C12H18N2OS/c15-12(5-4-11-3-1-10-16-11)14-8-2-6-13-7-9-14/h1,3,10,13H,2,4-9H2. The molecule has 0 radical (unpaired) electrons. The Morgan fingerprint density at radius 1 is 1.44 bits per heavy atom. The lowest BCUT2D eigenvalue weighted by Crippen LogP contribution is -2.34. The van der Waals surface area contributed by atoms with Gasteiger partial charge in [-0.3, -0.25) is 4.79 Å². The molecule has 3 nitrogen and oxygen atoms in total. The molecule has 1 aliphatic heterocycles. The predicted octanol–water partition coefficient (Wildman–Crippen LogP) is 1.50. The number of carbonyl (C=O) groups excluding carboxylic acids is 1. The fourth-order valence-electron chi connectivity index (χ4n) is 1.94. The van der Waals surface area contributed by atoms with E-state index < -0.39 is 0 Å². The van der Waals surface area contributed by atoms with E-state index in [1.807, 2.05) is 11.0 Å². The minimum Gasteiger partial charge on any atom is -0.341 e. The van der Waals surface area contributed by atoms with Crippen LogP contribution in [0.2, 0.25) is 0 Å². The van der Waals surface area contributed by atoms with Crippen molar-refractivity contribution >= 4 is 17.2 Å². The van der Waals surface area contributed by atoms with Gasteiger partial charge in [0.2, 0.25) is 5.91 Å². The molecule has 1 fully saturated rings. The summed E-state index contributed by atoms with van der Waals surface area (Å²) in [5.41, 5.74) is 0. The average molecular weight is 238 g/mol. The van der Waals surface area contributed by atoms with Crippen LogP contribution in [0.5, 0.6) is 0 Å². The van der Waals surface area contributed by atoms with Crippen molar-refractivity contribution in [3.05, 3.63) is 22.4 Å². The highest BCUT2D eigenvalue weighted by molar-refractivity contribution is 7.09. The molecule has 0 bridgehead atoms. The molecule has 0 aromatic carbocycles. The van der Waals surface area contributed by atoms with Crippen LogP contribution in [0.4, 0.5) is 0 Å². The van der Waals surface area contributed by atoms with Crippen LogP contribution >= 0.6 is 11.3 Å². The van der Waals surface area contributed by atoms with Gasteiger partial charge in [-0.05, 0) is 30.8 Å². The minimum atomic E-state index is 0.303. The summed E-state index contributed by atoms with van der Waals surface area (Å²) in [5, 5.41) is 5.38. The Labute approximate surface area is 100 Å². The molecule has 1 N–H and O–H groups in total. The van der Waals surface area contributed by atoms with Gasteiger partial charge in [0.15, 0.2) is 0 Å². The van der Waals surface area contributed by atoms with Gasteiger partial charge in [0, 0.05) is 30.9 Å². The van der Waals surface area contributed by atoms with E-state index in [0.717, 1.165) is 39.0 Å². The van der Waals surface area contributed by atoms with Crippen LogP contribution in [0.15, 0.2) is 17.5 Å². The van der Waals surface area contributed by atoms with Crippen LogP contribution in [0.3, 0.4) is 0 Å². The lowest BCUT2D eigenvalue weighted by molar-refractivity contribution is -0.130. The van der Waals surface area contributed by atoms with Gasteiger partial charge in [0.05, 0.1) is 0 Å². The summed E-state index contributed by atoms with van der Waals surface area (Å²) in [6.45, 7) is 3.75. The van der Waals surface area contributed by atoms with E-state index in [2.05, 4.69) is 16.8 Å². The van der Waals surface area contributed by atoms with Gasteiger partial charge in [0.1, 0.15) is 0 Å². The Hall–Kier alpha value is -0.870. The maximum absolute atomic E-state index is 11.9. The monoisotopic (exact) mass is 238 g/mol. The molecule has 0 atom stereocenters. The summed E-state index contributed by atoms with van der Waals surface area (Å²) in [6, 6.07) is 4.14. The Balaban J connectivity index is 1.78. The Kier molecular flexibility index (Phi) is 4.36. The molecular formula is C12H18N2OS. The molecule has 2 rings (SSSR count). The van der Waals surface area contributed by atoms with Gasteiger partial charge < -0.3 is 10.2 Å². The zero-order valence-corrected chi connectivity index (χ0v) is 10.3. The number of nitrogens with zero attached hydrogens (tertiary/aromatic N) is 1. The Morgan fingerprint density at radius 2 is 2.38 bits per heavy atom. The summed E-state index contributed by atoms with van der Waals surface area (Å²) in [7, 11) is 0. The van der Waals surface area contributed by atoms with Crippen molar-refractivity contribution in [1.82, 2.24) is 10.2 Å². The lowest BCUT2D eigenvalue weighted by Gasteiger charge is -2.19. The molecule has 1 amide bonds. The number of rotatable bonds is 3. The number of aryl methyl sites for hydroxylation is 1. The molecule has 0 unspecified atom stereocenters. The second-order valence-corrected chi connectivity index (χ2v) is 5.10. The number of thiophene rings is 1. The third kappa shape index (κ3) is 3.32. The smallest absolute Gasteiger partial charge is 0.222 e. The van der Waals surface area contributed by atoms with E-state index >= 15 is 0 Å². The summed E-state index contributed by atoms with van der Waals surface area (Å²) >= 11 is 1.73. The number of amides is 1. The maximum Gasteiger partial charge on any atom is 0.222 e. The highest BCUT2D eigenvalue weighted by Crippen LogP contribution is 2.12. The van der Waals surface area contributed by atoms with E-state index in [1.165, 1.54) is 4.88 Å². The van der Waals surface area contributed by atoms with Gasteiger partial charge in [-0.1, -0.05) is 6.07 Å². The SMILES string of the molecule is O=C(CCc1cccs1)N1CCCNCC1. The minimum absolute atomic E-state index is 0.303. The second kappa shape index (κ2) is 6.01.